The minimum Gasteiger partial charge on any atom is -0.368 e. The number of nitrogen functional groups attached to an aromatic ring is 1. The maximum Gasteiger partial charge on any atom is 0.243 e. The molecule has 0 aliphatic carbocycles. The van der Waals surface area contributed by atoms with Gasteiger partial charge in [-0.1, -0.05) is 23.2 Å². The third-order valence-corrected chi connectivity index (χ3v) is 6.07. The van der Waals surface area contributed by atoms with E-state index >= 15 is 0 Å². The average Bonchev–Trinajstić information content (AvgIpc) is 2.54. The van der Waals surface area contributed by atoms with E-state index < -0.39 is 10.0 Å². The van der Waals surface area contributed by atoms with Crippen molar-refractivity contribution in [2.24, 2.45) is 0 Å². The van der Waals surface area contributed by atoms with Gasteiger partial charge in [-0.3, -0.25) is 0 Å². The molecule has 0 amide bonds. The highest BCUT2D eigenvalue weighted by Crippen LogP contribution is 2.23. The van der Waals surface area contributed by atoms with E-state index in [4.69, 9.17) is 28.9 Å². The third-order valence-electron chi connectivity index (χ3n) is 3.71. The van der Waals surface area contributed by atoms with Crippen molar-refractivity contribution in [3.63, 3.8) is 0 Å². The summed E-state index contributed by atoms with van der Waals surface area (Å²) in [5.74, 6) is 0.685. The lowest BCUT2D eigenvalue weighted by molar-refractivity contribution is 0.384. The molecule has 1 aromatic heterocycles. The number of piperazine rings is 1. The van der Waals surface area contributed by atoms with E-state index in [1.807, 2.05) is 4.90 Å². The maximum atomic E-state index is 12.6. The van der Waals surface area contributed by atoms with Crippen LogP contribution in [-0.2, 0) is 10.0 Å². The first-order valence-corrected chi connectivity index (χ1v) is 9.36. The first kappa shape index (κ1) is 17.2. The van der Waals surface area contributed by atoms with Crippen LogP contribution in [0.15, 0.2) is 35.2 Å². The number of rotatable bonds is 3. The van der Waals surface area contributed by atoms with Gasteiger partial charge in [0.2, 0.25) is 16.0 Å². The zero-order chi connectivity index (χ0) is 17.3. The SMILES string of the molecule is Nc1nc(Cl)cc(N2CCN(S(=O)(=O)c3ccc(Cl)cc3)CC2)n1. The van der Waals surface area contributed by atoms with Crippen molar-refractivity contribution in [2.45, 2.75) is 4.90 Å². The fraction of sp³-hybridized carbons (Fsp3) is 0.286. The van der Waals surface area contributed by atoms with Crippen LogP contribution in [0.25, 0.3) is 0 Å². The summed E-state index contributed by atoms with van der Waals surface area (Å²) in [6, 6.07) is 7.76. The molecular weight excluding hydrogens is 373 g/mol. The summed E-state index contributed by atoms with van der Waals surface area (Å²) in [4.78, 5) is 10.1. The molecule has 3 rings (SSSR count). The van der Waals surface area contributed by atoms with Gasteiger partial charge in [-0.15, -0.1) is 0 Å². The molecule has 1 fully saturated rings. The van der Waals surface area contributed by atoms with Crippen molar-refractivity contribution >= 4 is 45.0 Å². The number of benzene rings is 1. The van der Waals surface area contributed by atoms with E-state index in [1.54, 1.807) is 18.2 Å². The van der Waals surface area contributed by atoms with Crippen molar-refractivity contribution in [1.82, 2.24) is 14.3 Å². The monoisotopic (exact) mass is 387 g/mol. The van der Waals surface area contributed by atoms with Gasteiger partial charge >= 0.3 is 0 Å². The van der Waals surface area contributed by atoms with Crippen molar-refractivity contribution in [2.75, 3.05) is 36.8 Å². The van der Waals surface area contributed by atoms with Crippen molar-refractivity contribution in [1.29, 1.82) is 0 Å². The van der Waals surface area contributed by atoms with Gasteiger partial charge < -0.3 is 10.6 Å². The largest absolute Gasteiger partial charge is 0.368 e. The second kappa shape index (κ2) is 6.72. The Labute approximate surface area is 150 Å². The summed E-state index contributed by atoms with van der Waals surface area (Å²) in [6.45, 7) is 1.65. The molecule has 0 atom stereocenters. The summed E-state index contributed by atoms with van der Waals surface area (Å²) in [5.41, 5.74) is 5.60. The summed E-state index contributed by atoms with van der Waals surface area (Å²) < 4.78 is 26.7. The summed E-state index contributed by atoms with van der Waals surface area (Å²) in [7, 11) is -3.54. The highest BCUT2D eigenvalue weighted by atomic mass is 35.5. The molecule has 2 aromatic rings. The van der Waals surface area contributed by atoms with Gasteiger partial charge in [0, 0.05) is 37.3 Å². The molecule has 7 nitrogen and oxygen atoms in total. The van der Waals surface area contributed by atoms with Crippen LogP contribution in [0, 0.1) is 0 Å². The molecule has 10 heteroatoms. The number of aromatic nitrogens is 2. The van der Waals surface area contributed by atoms with Crippen LogP contribution >= 0.6 is 23.2 Å². The Hall–Kier alpha value is -1.61. The average molecular weight is 388 g/mol. The minimum atomic E-state index is -3.54. The van der Waals surface area contributed by atoms with Crippen LogP contribution in [0.3, 0.4) is 0 Å². The zero-order valence-corrected chi connectivity index (χ0v) is 14.9. The summed E-state index contributed by atoms with van der Waals surface area (Å²) in [5, 5.41) is 0.755. The number of halogens is 2. The van der Waals surface area contributed by atoms with Gasteiger partial charge in [0.05, 0.1) is 4.90 Å². The lowest BCUT2D eigenvalue weighted by Crippen LogP contribution is -2.49. The van der Waals surface area contributed by atoms with Crippen LogP contribution in [0.1, 0.15) is 0 Å². The van der Waals surface area contributed by atoms with Crippen molar-refractivity contribution < 1.29 is 8.42 Å². The van der Waals surface area contributed by atoms with Gasteiger partial charge in [-0.25, -0.2) is 13.4 Å². The Balaban J connectivity index is 1.73. The van der Waals surface area contributed by atoms with Crippen molar-refractivity contribution in [3.8, 4) is 0 Å². The molecule has 24 heavy (non-hydrogen) atoms. The van der Waals surface area contributed by atoms with E-state index in [0.717, 1.165) is 0 Å². The van der Waals surface area contributed by atoms with Crippen LogP contribution in [0.4, 0.5) is 11.8 Å². The molecule has 1 aromatic carbocycles. The number of nitrogens with zero attached hydrogens (tertiary/aromatic N) is 4. The second-order valence-electron chi connectivity index (χ2n) is 5.25. The molecule has 0 spiro atoms. The van der Waals surface area contributed by atoms with E-state index in [1.165, 1.54) is 16.4 Å². The van der Waals surface area contributed by atoms with Gasteiger partial charge in [-0.05, 0) is 24.3 Å². The minimum absolute atomic E-state index is 0.0914. The van der Waals surface area contributed by atoms with Crippen LogP contribution < -0.4 is 10.6 Å². The molecule has 0 saturated carbocycles. The maximum absolute atomic E-state index is 12.6. The number of sulfonamides is 1. The normalized spacial score (nSPS) is 16.3. The Kier molecular flexibility index (Phi) is 4.82. The van der Waals surface area contributed by atoms with Crippen LogP contribution in [-0.4, -0.2) is 48.9 Å². The topological polar surface area (TPSA) is 92.4 Å². The van der Waals surface area contributed by atoms with Gasteiger partial charge in [0.25, 0.3) is 0 Å². The van der Waals surface area contributed by atoms with Gasteiger partial charge in [-0.2, -0.15) is 9.29 Å². The standard InChI is InChI=1S/C14H15Cl2N5O2S/c15-10-1-3-11(4-2-10)24(22,23)21-7-5-20(6-8-21)13-9-12(16)18-14(17)19-13/h1-4,9H,5-8H2,(H2,17,18,19). The molecule has 1 saturated heterocycles. The van der Waals surface area contributed by atoms with Crippen LogP contribution in [0.5, 0.6) is 0 Å². The Morgan fingerprint density at radius 3 is 2.21 bits per heavy atom. The number of anilines is 2. The van der Waals surface area contributed by atoms with E-state index in [9.17, 15) is 8.42 Å². The molecule has 1 aliphatic rings. The third kappa shape index (κ3) is 3.56. The predicted molar refractivity (Wildman–Crippen MR) is 93.9 cm³/mol. The van der Waals surface area contributed by atoms with Crippen molar-refractivity contribution in [3.05, 3.63) is 40.5 Å². The Bertz CT molecular complexity index is 816. The lowest BCUT2D eigenvalue weighted by Gasteiger charge is -2.34. The molecule has 0 radical (unpaired) electrons. The highest BCUT2D eigenvalue weighted by Gasteiger charge is 2.29. The van der Waals surface area contributed by atoms with E-state index in [2.05, 4.69) is 9.97 Å². The molecular formula is C14H15Cl2N5O2S. The number of hydrogen-bond acceptors (Lipinski definition) is 6. The number of nitrogens with two attached hydrogens (primary N) is 1. The summed E-state index contributed by atoms with van der Waals surface area (Å²) >= 11 is 11.7. The fourth-order valence-corrected chi connectivity index (χ4v) is 4.23. The summed E-state index contributed by atoms with van der Waals surface area (Å²) in [6.07, 6.45) is 0. The smallest absolute Gasteiger partial charge is 0.243 e. The van der Waals surface area contributed by atoms with Crippen LogP contribution in [0.2, 0.25) is 10.2 Å². The molecule has 128 valence electrons. The van der Waals surface area contributed by atoms with Gasteiger partial charge in [0.1, 0.15) is 11.0 Å². The van der Waals surface area contributed by atoms with Gasteiger partial charge in [0.15, 0.2) is 0 Å². The molecule has 2 heterocycles. The zero-order valence-electron chi connectivity index (χ0n) is 12.6. The fourth-order valence-electron chi connectivity index (χ4n) is 2.50. The predicted octanol–water partition coefficient (Wildman–Crippen LogP) is 1.88. The lowest BCUT2D eigenvalue weighted by atomic mass is 10.3. The molecule has 0 bridgehead atoms. The first-order valence-electron chi connectivity index (χ1n) is 7.17. The van der Waals surface area contributed by atoms with E-state index in [0.29, 0.717) is 37.0 Å². The molecule has 0 unspecified atom stereocenters. The molecule has 1 aliphatic heterocycles. The second-order valence-corrected chi connectivity index (χ2v) is 8.01. The van der Waals surface area contributed by atoms with E-state index in [-0.39, 0.29) is 16.0 Å². The number of hydrogen-bond donors (Lipinski definition) is 1. The molecule has 2 N–H and O–H groups in total. The Morgan fingerprint density at radius 1 is 1.00 bits per heavy atom. The first-order chi connectivity index (χ1) is 11.4. The highest BCUT2D eigenvalue weighted by molar-refractivity contribution is 7.89. The quantitative estimate of drug-likeness (QED) is 0.808. The Morgan fingerprint density at radius 2 is 1.62 bits per heavy atom.